The van der Waals surface area contributed by atoms with E-state index in [0.717, 1.165) is 11.3 Å². The average Bonchev–Trinajstić information content (AvgIpc) is 3.26. The topological polar surface area (TPSA) is 68.1 Å². The number of Topliss-reactive ketones (excluding diaryl/α,β-unsaturated/α-hetero) is 1. The molecule has 0 aliphatic rings. The molecule has 138 valence electrons. The summed E-state index contributed by atoms with van der Waals surface area (Å²) in [7, 11) is 1.77. The summed E-state index contributed by atoms with van der Waals surface area (Å²) in [6, 6.07) is 16.8. The Bertz CT molecular complexity index is 890. The molecule has 0 N–H and O–H groups in total. The van der Waals surface area contributed by atoms with Gasteiger partial charge >= 0.3 is 0 Å². The molecule has 3 rings (SSSR count). The lowest BCUT2D eigenvalue weighted by Gasteiger charge is -2.25. The van der Waals surface area contributed by atoms with E-state index in [1.54, 1.807) is 35.1 Å². The molecule has 0 bridgehead atoms. The zero-order valence-corrected chi connectivity index (χ0v) is 15.4. The second kappa shape index (κ2) is 8.40. The molecule has 6 nitrogen and oxygen atoms in total. The molecule has 1 atom stereocenters. The Morgan fingerprint density at radius 2 is 1.74 bits per heavy atom. The number of benzene rings is 2. The van der Waals surface area contributed by atoms with Crippen molar-refractivity contribution in [3.05, 3.63) is 78.4 Å². The molecule has 1 aromatic heterocycles. The van der Waals surface area contributed by atoms with Gasteiger partial charge in [0.2, 0.25) is 5.91 Å². The first-order chi connectivity index (χ1) is 13.1. The SMILES string of the molecule is CC(c1ccc(-n2cncn2)cc1)N(C)C(=O)CCC(=O)c1ccccc1. The fourth-order valence-electron chi connectivity index (χ4n) is 2.85. The summed E-state index contributed by atoms with van der Waals surface area (Å²) in [5.41, 5.74) is 2.57. The smallest absolute Gasteiger partial charge is 0.223 e. The first-order valence-corrected chi connectivity index (χ1v) is 8.85. The molecule has 1 heterocycles. The van der Waals surface area contributed by atoms with E-state index in [1.807, 2.05) is 49.4 Å². The van der Waals surface area contributed by atoms with Crippen molar-refractivity contribution < 1.29 is 9.59 Å². The van der Waals surface area contributed by atoms with Crippen LogP contribution in [0.25, 0.3) is 5.69 Å². The van der Waals surface area contributed by atoms with Crippen LogP contribution in [0, 0.1) is 0 Å². The number of ketones is 1. The van der Waals surface area contributed by atoms with E-state index in [1.165, 1.54) is 6.33 Å². The third-order valence-corrected chi connectivity index (χ3v) is 4.69. The fraction of sp³-hybridized carbons (Fsp3) is 0.238. The summed E-state index contributed by atoms with van der Waals surface area (Å²) >= 11 is 0. The van der Waals surface area contributed by atoms with E-state index < -0.39 is 0 Å². The molecule has 0 aliphatic carbocycles. The summed E-state index contributed by atoms with van der Waals surface area (Å²) < 4.78 is 1.68. The second-order valence-electron chi connectivity index (χ2n) is 6.40. The number of aromatic nitrogens is 3. The molecule has 3 aromatic rings. The van der Waals surface area contributed by atoms with Crippen LogP contribution in [-0.4, -0.2) is 38.4 Å². The van der Waals surface area contributed by atoms with Gasteiger partial charge < -0.3 is 4.90 Å². The first-order valence-electron chi connectivity index (χ1n) is 8.85. The molecule has 0 radical (unpaired) electrons. The van der Waals surface area contributed by atoms with Gasteiger partial charge in [0.15, 0.2) is 5.78 Å². The monoisotopic (exact) mass is 362 g/mol. The highest BCUT2D eigenvalue weighted by molar-refractivity contribution is 5.97. The number of nitrogens with zero attached hydrogens (tertiary/aromatic N) is 4. The third kappa shape index (κ3) is 4.47. The van der Waals surface area contributed by atoms with Gasteiger partial charge in [-0.15, -0.1) is 0 Å². The van der Waals surface area contributed by atoms with Crippen LogP contribution >= 0.6 is 0 Å². The van der Waals surface area contributed by atoms with Gasteiger partial charge in [0.05, 0.1) is 11.7 Å². The zero-order chi connectivity index (χ0) is 19.2. The molecule has 6 heteroatoms. The van der Waals surface area contributed by atoms with Crippen molar-refractivity contribution in [1.82, 2.24) is 19.7 Å². The molecular weight excluding hydrogens is 340 g/mol. The van der Waals surface area contributed by atoms with Gasteiger partial charge in [-0.25, -0.2) is 9.67 Å². The van der Waals surface area contributed by atoms with Gasteiger partial charge in [0.1, 0.15) is 12.7 Å². The number of rotatable bonds is 7. The van der Waals surface area contributed by atoms with Crippen molar-refractivity contribution in [2.45, 2.75) is 25.8 Å². The molecule has 1 unspecified atom stereocenters. The Balaban J connectivity index is 1.58. The van der Waals surface area contributed by atoms with Crippen LogP contribution in [0.2, 0.25) is 0 Å². The largest absolute Gasteiger partial charge is 0.339 e. The summed E-state index contributed by atoms with van der Waals surface area (Å²) in [6.45, 7) is 1.97. The van der Waals surface area contributed by atoms with Gasteiger partial charge in [-0.3, -0.25) is 9.59 Å². The Morgan fingerprint density at radius 1 is 1.04 bits per heavy atom. The average molecular weight is 362 g/mol. The minimum absolute atomic E-state index is 0.0119. The van der Waals surface area contributed by atoms with Gasteiger partial charge in [-0.2, -0.15) is 5.10 Å². The van der Waals surface area contributed by atoms with E-state index in [9.17, 15) is 9.59 Å². The number of amides is 1. The lowest BCUT2D eigenvalue weighted by molar-refractivity contribution is -0.131. The quantitative estimate of drug-likeness (QED) is 0.604. The van der Waals surface area contributed by atoms with Crippen molar-refractivity contribution in [1.29, 1.82) is 0 Å². The highest BCUT2D eigenvalue weighted by Crippen LogP contribution is 2.21. The van der Waals surface area contributed by atoms with Gasteiger partial charge in [0, 0.05) is 25.5 Å². The molecule has 1 amide bonds. The maximum Gasteiger partial charge on any atom is 0.223 e. The zero-order valence-electron chi connectivity index (χ0n) is 15.4. The summed E-state index contributed by atoms with van der Waals surface area (Å²) in [5, 5.41) is 4.10. The van der Waals surface area contributed by atoms with Gasteiger partial charge in [-0.1, -0.05) is 42.5 Å². The van der Waals surface area contributed by atoms with Crippen LogP contribution in [0.3, 0.4) is 0 Å². The van der Waals surface area contributed by atoms with E-state index in [4.69, 9.17) is 0 Å². The van der Waals surface area contributed by atoms with Crippen molar-refractivity contribution in [3.8, 4) is 5.69 Å². The molecule has 0 fully saturated rings. The van der Waals surface area contributed by atoms with Crippen LogP contribution < -0.4 is 0 Å². The Hall–Kier alpha value is -3.28. The maximum atomic E-state index is 12.5. The second-order valence-corrected chi connectivity index (χ2v) is 6.40. The molecule has 0 spiro atoms. The van der Waals surface area contributed by atoms with Crippen LogP contribution in [-0.2, 0) is 4.79 Å². The molecule has 27 heavy (non-hydrogen) atoms. The van der Waals surface area contributed by atoms with E-state index in [-0.39, 0.29) is 30.6 Å². The van der Waals surface area contributed by atoms with E-state index in [2.05, 4.69) is 10.1 Å². The number of hydrogen-bond donors (Lipinski definition) is 0. The lowest BCUT2D eigenvalue weighted by Crippen LogP contribution is -2.29. The third-order valence-electron chi connectivity index (χ3n) is 4.69. The Labute approximate surface area is 158 Å². The molecule has 2 aromatic carbocycles. The van der Waals surface area contributed by atoms with Crippen LogP contribution in [0.5, 0.6) is 0 Å². The van der Waals surface area contributed by atoms with Crippen molar-refractivity contribution in [2.24, 2.45) is 0 Å². The Kier molecular flexibility index (Phi) is 5.76. The van der Waals surface area contributed by atoms with Crippen LogP contribution in [0.15, 0.2) is 67.3 Å². The van der Waals surface area contributed by atoms with E-state index >= 15 is 0 Å². The molecule has 0 saturated heterocycles. The Morgan fingerprint density at radius 3 is 2.37 bits per heavy atom. The predicted molar refractivity (Wildman–Crippen MR) is 103 cm³/mol. The number of carbonyl (C=O) groups excluding carboxylic acids is 2. The molecular formula is C21H22N4O2. The lowest BCUT2D eigenvalue weighted by atomic mass is 10.0. The minimum atomic E-state index is -0.0888. The maximum absolute atomic E-state index is 12.5. The van der Waals surface area contributed by atoms with E-state index in [0.29, 0.717) is 5.56 Å². The summed E-state index contributed by atoms with van der Waals surface area (Å²) in [4.78, 5) is 30.3. The van der Waals surface area contributed by atoms with Crippen LogP contribution in [0.4, 0.5) is 0 Å². The number of carbonyl (C=O) groups is 2. The van der Waals surface area contributed by atoms with Gasteiger partial charge in [0.25, 0.3) is 0 Å². The fourth-order valence-corrected chi connectivity index (χ4v) is 2.85. The summed E-state index contributed by atoms with van der Waals surface area (Å²) in [5.74, 6) is -0.0608. The standard InChI is InChI=1S/C21H22N4O2/c1-16(17-8-10-19(11-9-17)25-15-22-14-23-25)24(2)21(27)13-12-20(26)18-6-4-3-5-7-18/h3-11,14-16H,12-13H2,1-2H3. The highest BCUT2D eigenvalue weighted by atomic mass is 16.2. The number of hydrogen-bond acceptors (Lipinski definition) is 4. The highest BCUT2D eigenvalue weighted by Gasteiger charge is 2.18. The predicted octanol–water partition coefficient (Wildman–Crippen LogP) is 3.45. The molecule has 0 saturated carbocycles. The first kappa shape index (κ1) is 18.5. The minimum Gasteiger partial charge on any atom is -0.339 e. The van der Waals surface area contributed by atoms with Crippen molar-refractivity contribution >= 4 is 11.7 Å². The normalized spacial score (nSPS) is 11.8. The van der Waals surface area contributed by atoms with Crippen molar-refractivity contribution in [3.63, 3.8) is 0 Å². The molecule has 0 aliphatic heterocycles. The van der Waals surface area contributed by atoms with Gasteiger partial charge in [-0.05, 0) is 24.6 Å². The van der Waals surface area contributed by atoms with Crippen molar-refractivity contribution in [2.75, 3.05) is 7.05 Å². The summed E-state index contributed by atoms with van der Waals surface area (Å²) in [6.07, 6.45) is 3.54. The van der Waals surface area contributed by atoms with Crippen LogP contribution in [0.1, 0.15) is 41.7 Å².